The highest BCUT2D eigenvalue weighted by molar-refractivity contribution is 5.82. The van der Waals surface area contributed by atoms with Gasteiger partial charge in [-0.05, 0) is 6.92 Å². The highest BCUT2D eigenvalue weighted by Crippen LogP contribution is 2.34. The lowest BCUT2D eigenvalue weighted by molar-refractivity contribution is -0.122. The lowest BCUT2D eigenvalue weighted by Gasteiger charge is -2.27. The summed E-state index contributed by atoms with van der Waals surface area (Å²) in [7, 11) is 0. The minimum Gasteiger partial charge on any atom is -0.470 e. The fourth-order valence-electron chi connectivity index (χ4n) is 1.87. The molecule has 0 radical (unpaired) electrons. The highest BCUT2D eigenvalue weighted by atomic mass is 16.5. The molecule has 0 aliphatic carbocycles. The number of carbonyl (C=O) groups excluding carboxylic acids is 1. The third-order valence-electron chi connectivity index (χ3n) is 2.61. The van der Waals surface area contributed by atoms with E-state index in [-0.39, 0.29) is 5.91 Å². The third kappa shape index (κ3) is 2.00. The quantitative estimate of drug-likeness (QED) is 0.800. The first-order chi connectivity index (χ1) is 8.13. The second kappa shape index (κ2) is 4.30. The van der Waals surface area contributed by atoms with Gasteiger partial charge in [0.25, 0.3) is 0 Å². The molecule has 4 nitrogen and oxygen atoms in total. The molecule has 0 saturated carbocycles. The smallest absolute Gasteiger partial charge is 0.219 e. The van der Waals surface area contributed by atoms with Gasteiger partial charge in [0.2, 0.25) is 5.91 Å². The second-order valence-electron chi connectivity index (χ2n) is 3.83. The molecule has 4 heteroatoms. The number of allylic oxidation sites excluding steroid dienone is 2. The molecule has 1 aromatic carbocycles. The standard InChI is InChI=1S/C13H12N2O2/c1-8-12(7-14)10-5-3-4-6-11(10)13(17-8)15-9(2)16/h3-6,13H,1-2H3,(H,15,16). The Balaban J connectivity index is 2.51. The topological polar surface area (TPSA) is 62.1 Å². The molecule has 0 saturated heterocycles. The zero-order valence-corrected chi connectivity index (χ0v) is 9.65. The molecule has 0 spiro atoms. The molecule has 1 amide bonds. The summed E-state index contributed by atoms with van der Waals surface area (Å²) in [6, 6.07) is 9.54. The van der Waals surface area contributed by atoms with Crippen LogP contribution in [0, 0.1) is 11.3 Å². The Labute approximate surface area is 99.5 Å². The van der Waals surface area contributed by atoms with Gasteiger partial charge < -0.3 is 10.1 Å². The first-order valence-corrected chi connectivity index (χ1v) is 5.27. The van der Waals surface area contributed by atoms with Crippen molar-refractivity contribution in [3.63, 3.8) is 0 Å². The molecule has 86 valence electrons. The Kier molecular flexibility index (Phi) is 2.84. The Bertz CT molecular complexity index is 541. The van der Waals surface area contributed by atoms with E-state index in [9.17, 15) is 4.79 Å². The number of nitriles is 1. The van der Waals surface area contributed by atoms with Crippen LogP contribution in [0.3, 0.4) is 0 Å². The van der Waals surface area contributed by atoms with Gasteiger partial charge in [0, 0.05) is 18.1 Å². The summed E-state index contributed by atoms with van der Waals surface area (Å²) in [5.41, 5.74) is 2.14. The van der Waals surface area contributed by atoms with Crippen LogP contribution in [0.5, 0.6) is 0 Å². The first-order valence-electron chi connectivity index (χ1n) is 5.27. The van der Waals surface area contributed by atoms with E-state index < -0.39 is 6.23 Å². The number of rotatable bonds is 1. The molecule has 1 aromatic rings. The van der Waals surface area contributed by atoms with Crippen LogP contribution >= 0.6 is 0 Å². The van der Waals surface area contributed by atoms with Gasteiger partial charge in [-0.3, -0.25) is 4.79 Å². The normalized spacial score (nSPS) is 17.8. The van der Waals surface area contributed by atoms with E-state index in [1.54, 1.807) is 6.92 Å². The zero-order valence-electron chi connectivity index (χ0n) is 9.65. The van der Waals surface area contributed by atoms with Gasteiger partial charge in [0.1, 0.15) is 11.8 Å². The van der Waals surface area contributed by atoms with E-state index in [0.717, 1.165) is 11.1 Å². The Morgan fingerprint density at radius 2 is 2.18 bits per heavy atom. The summed E-state index contributed by atoms with van der Waals surface area (Å²) in [4.78, 5) is 11.1. The van der Waals surface area contributed by atoms with Crippen molar-refractivity contribution in [2.24, 2.45) is 0 Å². The van der Waals surface area contributed by atoms with E-state index in [0.29, 0.717) is 11.3 Å². The Morgan fingerprint density at radius 1 is 1.47 bits per heavy atom. The van der Waals surface area contributed by atoms with E-state index in [4.69, 9.17) is 10.00 Å². The molecule has 0 bridgehead atoms. The van der Waals surface area contributed by atoms with Crippen molar-refractivity contribution in [1.29, 1.82) is 5.26 Å². The summed E-state index contributed by atoms with van der Waals surface area (Å²) in [6.07, 6.45) is -0.513. The highest BCUT2D eigenvalue weighted by Gasteiger charge is 2.26. The van der Waals surface area contributed by atoms with Crippen LogP contribution in [-0.2, 0) is 9.53 Å². The summed E-state index contributed by atoms with van der Waals surface area (Å²) in [5.74, 6) is 0.364. The summed E-state index contributed by atoms with van der Waals surface area (Å²) in [6.45, 7) is 3.16. The van der Waals surface area contributed by atoms with E-state index in [1.807, 2.05) is 24.3 Å². The molecule has 1 aliphatic rings. The molecule has 1 N–H and O–H groups in total. The van der Waals surface area contributed by atoms with Crippen molar-refractivity contribution in [3.8, 4) is 6.07 Å². The lowest BCUT2D eigenvalue weighted by Crippen LogP contribution is -2.30. The van der Waals surface area contributed by atoms with Crippen LogP contribution in [-0.4, -0.2) is 5.91 Å². The number of hydrogen-bond donors (Lipinski definition) is 1. The minimum absolute atomic E-state index is 0.169. The molecule has 0 fully saturated rings. The van der Waals surface area contributed by atoms with Gasteiger partial charge in [-0.15, -0.1) is 0 Å². The second-order valence-corrected chi connectivity index (χ2v) is 3.83. The number of amides is 1. The summed E-state index contributed by atoms with van der Waals surface area (Å²) < 4.78 is 5.55. The Morgan fingerprint density at radius 3 is 2.82 bits per heavy atom. The molecule has 1 aliphatic heterocycles. The number of carbonyl (C=O) groups is 1. The van der Waals surface area contributed by atoms with Crippen molar-refractivity contribution < 1.29 is 9.53 Å². The largest absolute Gasteiger partial charge is 0.470 e. The van der Waals surface area contributed by atoms with Crippen molar-refractivity contribution in [2.45, 2.75) is 20.1 Å². The maximum absolute atomic E-state index is 11.1. The zero-order chi connectivity index (χ0) is 12.4. The third-order valence-corrected chi connectivity index (χ3v) is 2.61. The van der Waals surface area contributed by atoms with Gasteiger partial charge in [-0.1, -0.05) is 24.3 Å². The average molecular weight is 228 g/mol. The molecule has 1 atom stereocenters. The number of nitrogens with zero attached hydrogens (tertiary/aromatic N) is 1. The molecule has 17 heavy (non-hydrogen) atoms. The summed E-state index contributed by atoms with van der Waals surface area (Å²) >= 11 is 0. The van der Waals surface area contributed by atoms with E-state index >= 15 is 0 Å². The number of ether oxygens (including phenoxy) is 1. The van der Waals surface area contributed by atoms with Crippen molar-refractivity contribution in [1.82, 2.24) is 5.32 Å². The predicted molar refractivity (Wildman–Crippen MR) is 62.3 cm³/mol. The SMILES string of the molecule is CC(=O)NC1OC(C)=C(C#N)c2ccccc21. The first kappa shape index (κ1) is 11.2. The monoisotopic (exact) mass is 228 g/mol. The lowest BCUT2D eigenvalue weighted by atomic mass is 9.96. The van der Waals surface area contributed by atoms with Gasteiger partial charge in [0.15, 0.2) is 6.23 Å². The van der Waals surface area contributed by atoms with Crippen LogP contribution in [0.1, 0.15) is 31.2 Å². The maximum atomic E-state index is 11.1. The van der Waals surface area contributed by atoms with Crippen LogP contribution < -0.4 is 5.32 Å². The minimum atomic E-state index is -0.513. The number of hydrogen-bond acceptors (Lipinski definition) is 3. The molecule has 1 heterocycles. The van der Waals surface area contributed by atoms with Crippen LogP contribution in [0.4, 0.5) is 0 Å². The van der Waals surface area contributed by atoms with Gasteiger partial charge >= 0.3 is 0 Å². The van der Waals surface area contributed by atoms with Gasteiger partial charge in [-0.25, -0.2) is 0 Å². The van der Waals surface area contributed by atoms with Crippen molar-refractivity contribution in [3.05, 3.63) is 41.2 Å². The van der Waals surface area contributed by atoms with Crippen LogP contribution in [0.2, 0.25) is 0 Å². The molecular weight excluding hydrogens is 216 g/mol. The predicted octanol–water partition coefficient (Wildman–Crippen LogP) is 2.11. The summed E-state index contributed by atoms with van der Waals surface area (Å²) in [5, 5.41) is 11.8. The van der Waals surface area contributed by atoms with Crippen LogP contribution in [0.25, 0.3) is 5.57 Å². The Hall–Kier alpha value is -2.28. The molecule has 0 aromatic heterocycles. The fourth-order valence-corrected chi connectivity index (χ4v) is 1.87. The average Bonchev–Trinajstić information content (AvgIpc) is 2.28. The van der Waals surface area contributed by atoms with Crippen molar-refractivity contribution in [2.75, 3.05) is 0 Å². The van der Waals surface area contributed by atoms with Gasteiger partial charge in [-0.2, -0.15) is 5.26 Å². The molecule has 1 unspecified atom stereocenters. The maximum Gasteiger partial charge on any atom is 0.219 e. The van der Waals surface area contributed by atoms with E-state index in [2.05, 4.69) is 11.4 Å². The number of nitrogens with one attached hydrogen (secondary N) is 1. The van der Waals surface area contributed by atoms with E-state index in [1.165, 1.54) is 6.92 Å². The number of benzene rings is 1. The van der Waals surface area contributed by atoms with Crippen LogP contribution in [0.15, 0.2) is 30.0 Å². The van der Waals surface area contributed by atoms with Crippen molar-refractivity contribution >= 4 is 11.5 Å². The fraction of sp³-hybridized carbons (Fsp3) is 0.231. The molecular formula is C13H12N2O2. The van der Waals surface area contributed by atoms with Gasteiger partial charge in [0.05, 0.1) is 5.57 Å². The number of fused-ring (bicyclic) bond motifs is 1. The molecule has 2 rings (SSSR count).